The fraction of sp³-hybridized carbons (Fsp3) is 0.857. The highest BCUT2D eigenvalue weighted by atomic mass is 19.1. The molecule has 0 bridgehead atoms. The topological polar surface area (TPSA) is 0 Å². The van der Waals surface area contributed by atoms with Crippen LogP contribution in [0.4, 0.5) is 4.39 Å². The molecule has 0 aromatic carbocycles. The van der Waals surface area contributed by atoms with Crippen molar-refractivity contribution in [1.29, 1.82) is 0 Å². The quantitative estimate of drug-likeness (QED) is 0.534. The number of alkyl halides is 1. The molecule has 0 N–H and O–H groups in total. The Bertz CT molecular complexity index is 165. The van der Waals surface area contributed by atoms with E-state index >= 15 is 0 Å². The fourth-order valence-corrected chi connectivity index (χ4v) is 2.44. The van der Waals surface area contributed by atoms with Crippen LogP contribution in [-0.4, -0.2) is 6.17 Å². The first kappa shape index (κ1) is 12.7. The average Bonchev–Trinajstić information content (AvgIpc) is 2.23. The van der Waals surface area contributed by atoms with Crippen LogP contribution in [0.5, 0.6) is 0 Å². The van der Waals surface area contributed by atoms with Gasteiger partial charge in [-0.15, -0.1) is 6.58 Å². The molecule has 0 amide bonds. The molecule has 0 radical (unpaired) electrons. The summed E-state index contributed by atoms with van der Waals surface area (Å²) in [5, 5.41) is 0. The first-order chi connectivity index (χ1) is 7.34. The molecule has 0 aromatic heterocycles. The first-order valence-corrected chi connectivity index (χ1v) is 6.61. The minimum absolute atomic E-state index is 0.115. The van der Waals surface area contributed by atoms with Crippen LogP contribution >= 0.6 is 0 Å². The van der Waals surface area contributed by atoms with E-state index < -0.39 is 6.17 Å². The molecule has 2 atom stereocenters. The van der Waals surface area contributed by atoms with E-state index in [1.54, 1.807) is 0 Å². The Kier molecular flexibility index (Phi) is 6.71. The zero-order chi connectivity index (χ0) is 10.9. The second-order valence-electron chi connectivity index (χ2n) is 4.82. The third-order valence-electron chi connectivity index (χ3n) is 3.53. The number of rotatable bonds is 1. The summed E-state index contributed by atoms with van der Waals surface area (Å²) in [7, 11) is 0. The van der Waals surface area contributed by atoms with Crippen molar-refractivity contribution in [2.75, 3.05) is 0 Å². The molecule has 88 valence electrons. The Balaban J connectivity index is 2.34. The molecule has 1 aliphatic carbocycles. The van der Waals surface area contributed by atoms with Gasteiger partial charge in [0.25, 0.3) is 0 Å². The van der Waals surface area contributed by atoms with Crippen molar-refractivity contribution in [3.63, 3.8) is 0 Å². The predicted octanol–water partition coefficient (Wildman–Crippen LogP) is 5.04. The summed E-state index contributed by atoms with van der Waals surface area (Å²) < 4.78 is 13.8. The monoisotopic (exact) mass is 212 g/mol. The van der Waals surface area contributed by atoms with Crippen molar-refractivity contribution in [3.05, 3.63) is 12.7 Å². The number of hydrogen-bond donors (Lipinski definition) is 0. The van der Waals surface area contributed by atoms with Crippen LogP contribution < -0.4 is 0 Å². The van der Waals surface area contributed by atoms with Gasteiger partial charge in [0, 0.05) is 5.92 Å². The zero-order valence-electron chi connectivity index (χ0n) is 9.89. The number of halogens is 1. The molecule has 0 nitrogen and oxygen atoms in total. The van der Waals surface area contributed by atoms with E-state index in [0.717, 1.165) is 19.3 Å². The molecule has 0 aromatic rings. The minimum atomic E-state index is -0.637. The molecule has 0 heterocycles. The van der Waals surface area contributed by atoms with Gasteiger partial charge in [0.1, 0.15) is 6.17 Å². The summed E-state index contributed by atoms with van der Waals surface area (Å²) in [6.07, 6.45) is 13.0. The highest BCUT2D eigenvalue weighted by Gasteiger charge is 2.17. The molecule has 0 spiro atoms. The van der Waals surface area contributed by atoms with Gasteiger partial charge in [-0.3, -0.25) is 0 Å². The maximum Gasteiger partial charge on any atom is 0.106 e. The van der Waals surface area contributed by atoms with Gasteiger partial charge in [-0.05, 0) is 12.8 Å². The SMILES string of the molecule is C=CC1CCCCCCCCCCC1F. The van der Waals surface area contributed by atoms with Crippen LogP contribution in [0.25, 0.3) is 0 Å². The Labute approximate surface area is 94.0 Å². The normalized spacial score (nSPS) is 31.3. The van der Waals surface area contributed by atoms with Crippen molar-refractivity contribution in [3.8, 4) is 0 Å². The molecule has 1 heteroatoms. The minimum Gasteiger partial charge on any atom is -0.247 e. The van der Waals surface area contributed by atoms with Gasteiger partial charge in [0.2, 0.25) is 0 Å². The lowest BCUT2D eigenvalue weighted by molar-refractivity contribution is 0.227. The second kappa shape index (κ2) is 7.90. The van der Waals surface area contributed by atoms with Crippen LogP contribution in [0.2, 0.25) is 0 Å². The molecule has 15 heavy (non-hydrogen) atoms. The van der Waals surface area contributed by atoms with Crippen LogP contribution in [0, 0.1) is 5.92 Å². The van der Waals surface area contributed by atoms with Crippen molar-refractivity contribution >= 4 is 0 Å². The third-order valence-corrected chi connectivity index (χ3v) is 3.53. The summed E-state index contributed by atoms with van der Waals surface area (Å²) in [5.41, 5.74) is 0. The highest BCUT2D eigenvalue weighted by molar-refractivity contribution is 4.85. The smallest absolute Gasteiger partial charge is 0.106 e. The summed E-state index contributed by atoms with van der Waals surface area (Å²) >= 11 is 0. The van der Waals surface area contributed by atoms with E-state index in [2.05, 4.69) is 6.58 Å². The molecule has 1 saturated carbocycles. The summed E-state index contributed by atoms with van der Waals surface area (Å²) in [4.78, 5) is 0. The average molecular weight is 212 g/mol. The lowest BCUT2D eigenvalue weighted by Crippen LogP contribution is -2.14. The molecule has 0 aliphatic heterocycles. The lowest BCUT2D eigenvalue weighted by Gasteiger charge is -2.18. The van der Waals surface area contributed by atoms with Gasteiger partial charge in [-0.1, -0.05) is 57.4 Å². The second-order valence-corrected chi connectivity index (χ2v) is 4.82. The third kappa shape index (κ3) is 5.34. The van der Waals surface area contributed by atoms with E-state index in [9.17, 15) is 4.39 Å². The van der Waals surface area contributed by atoms with E-state index in [-0.39, 0.29) is 5.92 Å². The maximum atomic E-state index is 13.8. The largest absolute Gasteiger partial charge is 0.247 e. The van der Waals surface area contributed by atoms with E-state index in [4.69, 9.17) is 0 Å². The van der Waals surface area contributed by atoms with Gasteiger partial charge < -0.3 is 0 Å². The number of allylic oxidation sites excluding steroid dienone is 1. The Morgan fingerprint density at radius 1 is 0.800 bits per heavy atom. The summed E-state index contributed by atoms with van der Waals surface area (Å²) in [6, 6.07) is 0. The standard InChI is InChI=1S/C14H25F/c1-2-13-11-9-7-5-3-4-6-8-10-12-14(13)15/h2,13-14H,1,3-12H2. The Morgan fingerprint density at radius 2 is 1.27 bits per heavy atom. The van der Waals surface area contributed by atoms with Crippen LogP contribution in [-0.2, 0) is 0 Å². The molecule has 2 unspecified atom stereocenters. The van der Waals surface area contributed by atoms with Crippen LogP contribution in [0.3, 0.4) is 0 Å². The molecule has 0 saturated heterocycles. The lowest BCUT2D eigenvalue weighted by atomic mass is 9.91. The Morgan fingerprint density at radius 3 is 1.80 bits per heavy atom. The molecule has 1 fully saturated rings. The fourth-order valence-electron chi connectivity index (χ4n) is 2.44. The predicted molar refractivity (Wildman–Crippen MR) is 64.8 cm³/mol. The van der Waals surface area contributed by atoms with Crippen molar-refractivity contribution in [2.45, 2.75) is 70.4 Å². The van der Waals surface area contributed by atoms with E-state index in [1.165, 1.54) is 44.9 Å². The maximum absolute atomic E-state index is 13.8. The van der Waals surface area contributed by atoms with Gasteiger partial charge in [-0.25, -0.2) is 4.39 Å². The molecule has 1 aliphatic rings. The van der Waals surface area contributed by atoms with E-state index in [1.807, 2.05) is 6.08 Å². The van der Waals surface area contributed by atoms with Gasteiger partial charge >= 0.3 is 0 Å². The van der Waals surface area contributed by atoms with Gasteiger partial charge in [0.15, 0.2) is 0 Å². The van der Waals surface area contributed by atoms with Crippen LogP contribution in [0.15, 0.2) is 12.7 Å². The molecular formula is C14H25F. The van der Waals surface area contributed by atoms with Gasteiger partial charge in [0.05, 0.1) is 0 Å². The van der Waals surface area contributed by atoms with Gasteiger partial charge in [-0.2, -0.15) is 0 Å². The molecule has 1 rings (SSSR count). The summed E-state index contributed by atoms with van der Waals surface area (Å²) in [5.74, 6) is 0.115. The van der Waals surface area contributed by atoms with Crippen molar-refractivity contribution in [1.82, 2.24) is 0 Å². The zero-order valence-corrected chi connectivity index (χ0v) is 9.89. The molecular weight excluding hydrogens is 187 g/mol. The first-order valence-electron chi connectivity index (χ1n) is 6.61. The summed E-state index contributed by atoms with van der Waals surface area (Å²) in [6.45, 7) is 3.76. The Hall–Kier alpha value is -0.330. The van der Waals surface area contributed by atoms with Crippen molar-refractivity contribution in [2.24, 2.45) is 5.92 Å². The van der Waals surface area contributed by atoms with Crippen LogP contribution in [0.1, 0.15) is 64.2 Å². The number of hydrogen-bond acceptors (Lipinski definition) is 0. The van der Waals surface area contributed by atoms with E-state index in [0.29, 0.717) is 0 Å². The highest BCUT2D eigenvalue weighted by Crippen LogP contribution is 2.24. The van der Waals surface area contributed by atoms with Crippen molar-refractivity contribution < 1.29 is 4.39 Å².